The summed E-state index contributed by atoms with van der Waals surface area (Å²) in [6, 6.07) is -0.836. The molecule has 14 heteroatoms. The summed E-state index contributed by atoms with van der Waals surface area (Å²) in [6.07, 6.45) is 52.8. The molecule has 2 rings (SSSR count). The number of aliphatic hydroxyl groups excluding tert-OH is 8. The zero-order chi connectivity index (χ0) is 58.1. The van der Waals surface area contributed by atoms with Crippen LogP contribution in [0.2, 0.25) is 0 Å². The molecule has 0 aromatic carbocycles. The second-order valence-electron chi connectivity index (χ2n) is 21.8. The first-order valence-corrected chi connectivity index (χ1v) is 31.5. The summed E-state index contributed by atoms with van der Waals surface area (Å²) in [5.41, 5.74) is 0. The second kappa shape index (κ2) is 50.4. The largest absolute Gasteiger partial charge is 0.394 e. The highest BCUT2D eigenvalue weighted by Crippen LogP contribution is 2.30. The van der Waals surface area contributed by atoms with Gasteiger partial charge in [-0.3, -0.25) is 4.79 Å². The van der Waals surface area contributed by atoms with Crippen LogP contribution in [-0.2, 0) is 23.7 Å². The number of carbonyl (C=O) groups excluding carboxylic acids is 1. The Balaban J connectivity index is 1.63. The van der Waals surface area contributed by atoms with Crippen LogP contribution in [0.3, 0.4) is 0 Å². The number of aliphatic hydroxyl groups is 8. The van der Waals surface area contributed by atoms with Crippen molar-refractivity contribution in [1.29, 1.82) is 0 Å². The lowest BCUT2D eigenvalue weighted by Crippen LogP contribution is -2.65. The highest BCUT2D eigenvalue weighted by atomic mass is 16.7. The number of ether oxygens (including phenoxy) is 4. The van der Waals surface area contributed by atoms with E-state index in [1.165, 1.54) is 83.5 Å². The van der Waals surface area contributed by atoms with Crippen LogP contribution in [0.15, 0.2) is 97.2 Å². The molecule has 80 heavy (non-hydrogen) atoms. The van der Waals surface area contributed by atoms with Gasteiger partial charge >= 0.3 is 0 Å². The molecule has 0 aromatic rings. The second-order valence-corrected chi connectivity index (χ2v) is 21.8. The fourth-order valence-corrected chi connectivity index (χ4v) is 9.78. The standard InChI is InChI=1S/C66H113NO13/c1-3-5-7-9-11-13-15-16-17-18-19-20-21-22-23-24-25-26-27-28-29-30-31-32-33-34-35-36-37-38-40-42-44-46-48-50-58(71)67-54(55(70)49-47-45-43-41-39-14-12-10-8-6-4-2)53-77-65-63(76)61(74)64(57(52-69)79-65)80-66-62(75)60(73)59(72)56(51-68)78-66/h5,7,11,13,16-17,19-20,22-23,25-26,28-29,31-32,54-57,59-66,68-70,72-76H,3-4,6,8-10,12,14-15,18,21,24,27,30,33-53H2,1-2H3,(H,67,71)/b7-5-,13-11-,17-16-,20-19-,23-22-,26-25-,29-28-,32-31-. The summed E-state index contributed by atoms with van der Waals surface area (Å²) < 4.78 is 22.8. The molecule has 12 unspecified atom stereocenters. The van der Waals surface area contributed by atoms with Gasteiger partial charge in [0.25, 0.3) is 0 Å². The summed E-state index contributed by atoms with van der Waals surface area (Å²) >= 11 is 0. The third kappa shape index (κ3) is 35.1. The van der Waals surface area contributed by atoms with E-state index >= 15 is 0 Å². The number of hydrogen-bond acceptors (Lipinski definition) is 13. The summed E-state index contributed by atoms with van der Waals surface area (Å²) in [5, 5.41) is 87.1. The van der Waals surface area contributed by atoms with Crippen LogP contribution < -0.4 is 5.32 Å². The van der Waals surface area contributed by atoms with E-state index in [-0.39, 0.29) is 12.5 Å². The van der Waals surface area contributed by atoms with Gasteiger partial charge in [0.2, 0.25) is 5.91 Å². The maximum absolute atomic E-state index is 13.3. The van der Waals surface area contributed by atoms with Crippen LogP contribution >= 0.6 is 0 Å². The Labute approximate surface area is 483 Å². The van der Waals surface area contributed by atoms with Crippen LogP contribution in [0.5, 0.6) is 0 Å². The monoisotopic (exact) mass is 1130 g/mol. The molecule has 0 radical (unpaired) electrons. The molecule has 2 fully saturated rings. The van der Waals surface area contributed by atoms with Crippen molar-refractivity contribution in [2.75, 3.05) is 19.8 Å². The highest BCUT2D eigenvalue weighted by molar-refractivity contribution is 5.76. The lowest BCUT2D eigenvalue weighted by atomic mass is 9.97. The van der Waals surface area contributed by atoms with Gasteiger partial charge in [0.05, 0.1) is 32.0 Å². The Bertz CT molecular complexity index is 1710. The summed E-state index contributed by atoms with van der Waals surface area (Å²) in [6.45, 7) is 2.72. The van der Waals surface area contributed by atoms with Gasteiger partial charge in [-0.05, 0) is 77.0 Å². The minimum Gasteiger partial charge on any atom is -0.394 e. The van der Waals surface area contributed by atoms with Gasteiger partial charge in [-0.2, -0.15) is 0 Å². The van der Waals surface area contributed by atoms with Crippen LogP contribution in [0.1, 0.15) is 219 Å². The SMILES string of the molecule is CC/C=C\C/C=C\C/C=C\C/C=C\C/C=C\C/C=C\C/C=C\C/C=C\CCCCCCCCCCCCC(=O)NC(COC1OC(CO)C(OC2OC(CO)C(O)C(O)C2O)C(O)C1O)C(O)CCCCCCCCCCCCC. The Morgan fingerprint density at radius 1 is 0.463 bits per heavy atom. The molecule has 0 aliphatic carbocycles. The lowest BCUT2D eigenvalue weighted by Gasteiger charge is -2.46. The van der Waals surface area contributed by atoms with Crippen molar-refractivity contribution in [1.82, 2.24) is 5.32 Å². The fraction of sp³-hybridized carbons (Fsp3) is 0.742. The predicted octanol–water partition coefficient (Wildman–Crippen LogP) is 11.4. The normalized spacial score (nSPS) is 24.9. The number of amides is 1. The van der Waals surface area contributed by atoms with Crippen molar-refractivity contribution >= 4 is 5.91 Å². The molecule has 0 saturated carbocycles. The molecule has 2 aliphatic heterocycles. The van der Waals surface area contributed by atoms with Gasteiger partial charge in [-0.25, -0.2) is 0 Å². The van der Waals surface area contributed by atoms with E-state index in [4.69, 9.17) is 18.9 Å². The third-order valence-corrected chi connectivity index (χ3v) is 14.8. The molecule has 2 aliphatic rings. The lowest BCUT2D eigenvalue weighted by molar-refractivity contribution is -0.359. The smallest absolute Gasteiger partial charge is 0.220 e. The molecule has 0 spiro atoms. The van der Waals surface area contributed by atoms with Crippen molar-refractivity contribution < 1.29 is 64.6 Å². The van der Waals surface area contributed by atoms with Gasteiger partial charge < -0.3 is 65.1 Å². The molecule has 2 saturated heterocycles. The van der Waals surface area contributed by atoms with Crippen molar-refractivity contribution in [3.05, 3.63) is 97.2 Å². The molecule has 12 atom stereocenters. The van der Waals surface area contributed by atoms with E-state index in [1.807, 2.05) is 0 Å². The van der Waals surface area contributed by atoms with E-state index in [0.717, 1.165) is 103 Å². The third-order valence-electron chi connectivity index (χ3n) is 14.8. The molecule has 9 N–H and O–H groups in total. The van der Waals surface area contributed by atoms with Gasteiger partial charge in [0, 0.05) is 6.42 Å². The Morgan fingerprint density at radius 2 is 0.863 bits per heavy atom. The van der Waals surface area contributed by atoms with Crippen molar-refractivity contribution in [3.8, 4) is 0 Å². The average molecular weight is 1130 g/mol. The van der Waals surface area contributed by atoms with Crippen molar-refractivity contribution in [3.63, 3.8) is 0 Å². The zero-order valence-electron chi connectivity index (χ0n) is 49.5. The van der Waals surface area contributed by atoms with Crippen LogP contribution in [-0.4, -0.2) is 140 Å². The van der Waals surface area contributed by atoms with Gasteiger partial charge in [-0.1, -0.05) is 233 Å². The zero-order valence-corrected chi connectivity index (χ0v) is 49.5. The number of allylic oxidation sites excluding steroid dienone is 16. The quantitative estimate of drug-likeness (QED) is 0.0204. The van der Waals surface area contributed by atoms with Gasteiger partial charge in [0.15, 0.2) is 12.6 Å². The molecular formula is C66H113NO13. The first kappa shape index (κ1) is 73.0. The summed E-state index contributed by atoms with van der Waals surface area (Å²) in [5.74, 6) is -0.217. The Hall–Kier alpha value is -3.09. The fourth-order valence-electron chi connectivity index (χ4n) is 9.78. The maximum atomic E-state index is 13.3. The van der Waals surface area contributed by atoms with E-state index in [0.29, 0.717) is 19.3 Å². The van der Waals surface area contributed by atoms with Crippen LogP contribution in [0.4, 0.5) is 0 Å². The van der Waals surface area contributed by atoms with Gasteiger partial charge in [0.1, 0.15) is 48.8 Å². The summed E-state index contributed by atoms with van der Waals surface area (Å²) in [7, 11) is 0. The molecule has 1 amide bonds. The number of hydrogen-bond donors (Lipinski definition) is 9. The first-order chi connectivity index (χ1) is 39.1. The highest BCUT2D eigenvalue weighted by Gasteiger charge is 2.51. The maximum Gasteiger partial charge on any atom is 0.220 e. The first-order valence-electron chi connectivity index (χ1n) is 31.5. The molecular weight excluding hydrogens is 1010 g/mol. The molecule has 2 heterocycles. The minimum atomic E-state index is -1.79. The van der Waals surface area contributed by atoms with Crippen molar-refractivity contribution in [2.24, 2.45) is 0 Å². The van der Waals surface area contributed by atoms with E-state index in [9.17, 15) is 45.6 Å². The van der Waals surface area contributed by atoms with E-state index in [2.05, 4.69) is 116 Å². The molecule has 14 nitrogen and oxygen atoms in total. The van der Waals surface area contributed by atoms with Crippen molar-refractivity contribution in [2.45, 2.75) is 293 Å². The number of rotatable bonds is 49. The van der Waals surface area contributed by atoms with E-state index in [1.54, 1.807) is 0 Å². The summed E-state index contributed by atoms with van der Waals surface area (Å²) in [4.78, 5) is 13.3. The van der Waals surface area contributed by atoms with E-state index < -0.39 is 86.8 Å². The molecule has 0 bridgehead atoms. The molecule has 460 valence electrons. The predicted molar refractivity (Wildman–Crippen MR) is 323 cm³/mol. The molecule has 0 aromatic heterocycles. The Kier molecular flexibility index (Phi) is 46.0. The minimum absolute atomic E-state index is 0.217. The number of carbonyl (C=O) groups is 1. The van der Waals surface area contributed by atoms with Gasteiger partial charge in [-0.15, -0.1) is 0 Å². The number of nitrogens with one attached hydrogen (secondary N) is 1. The topological polar surface area (TPSA) is 228 Å². The average Bonchev–Trinajstić information content (AvgIpc) is 3.46. The number of unbranched alkanes of at least 4 members (excludes halogenated alkanes) is 20. The van der Waals surface area contributed by atoms with Crippen LogP contribution in [0.25, 0.3) is 0 Å². The van der Waals surface area contributed by atoms with Crippen LogP contribution in [0, 0.1) is 0 Å². The Morgan fingerprint density at radius 3 is 1.32 bits per heavy atom.